The van der Waals surface area contributed by atoms with Gasteiger partial charge < -0.3 is 15.1 Å². The number of aromatic nitrogens is 1. The summed E-state index contributed by atoms with van der Waals surface area (Å²) in [6.45, 7) is 2.24. The van der Waals surface area contributed by atoms with Crippen molar-refractivity contribution >= 4 is 46.0 Å². The lowest BCUT2D eigenvalue weighted by Gasteiger charge is -2.22. The van der Waals surface area contributed by atoms with Gasteiger partial charge in [-0.2, -0.15) is 4.57 Å². The van der Waals surface area contributed by atoms with E-state index in [1.54, 1.807) is 0 Å². The molecule has 2 heterocycles. The molecule has 0 saturated carbocycles. The number of hydrogen-bond acceptors (Lipinski definition) is 4. The summed E-state index contributed by atoms with van der Waals surface area (Å²) in [5.41, 5.74) is 6.03. The van der Waals surface area contributed by atoms with Crippen LogP contribution < -0.4 is 9.47 Å². The van der Waals surface area contributed by atoms with E-state index in [2.05, 4.69) is 82.4 Å². The largest absolute Gasteiger partial charge is 0.396 e. The number of anilines is 1. The van der Waals surface area contributed by atoms with Crippen molar-refractivity contribution in [1.82, 2.24) is 0 Å². The fraction of sp³-hybridized carbons (Fsp3) is 0.344. The number of aliphatic hydroxyl groups excluding tert-OH is 2. The van der Waals surface area contributed by atoms with E-state index in [-0.39, 0.29) is 13.2 Å². The second-order valence-electron chi connectivity index (χ2n) is 9.91. The number of rotatable bonds is 10. The Hall–Kier alpha value is -2.57. The quantitative estimate of drug-likeness (QED) is 0.208. The van der Waals surface area contributed by atoms with Crippen molar-refractivity contribution in [3.8, 4) is 0 Å². The van der Waals surface area contributed by atoms with Gasteiger partial charge in [0.25, 0.3) is 0 Å². The molecule has 0 bridgehead atoms. The lowest BCUT2D eigenvalue weighted by Crippen LogP contribution is -2.34. The van der Waals surface area contributed by atoms with E-state index >= 15 is 0 Å². The van der Waals surface area contributed by atoms with Crippen molar-refractivity contribution in [3.63, 3.8) is 0 Å². The van der Waals surface area contributed by atoms with Crippen LogP contribution in [0.4, 0.5) is 5.69 Å². The van der Waals surface area contributed by atoms with E-state index in [4.69, 9.17) is 11.6 Å². The molecule has 2 aromatic carbocycles. The third kappa shape index (κ3) is 6.02. The second kappa shape index (κ2) is 13.0. The molecule has 0 fully saturated rings. The summed E-state index contributed by atoms with van der Waals surface area (Å²) in [6, 6.07) is 19.3. The van der Waals surface area contributed by atoms with Crippen molar-refractivity contribution < 1.29 is 14.8 Å². The van der Waals surface area contributed by atoms with Crippen LogP contribution >= 0.6 is 23.4 Å². The fourth-order valence-corrected chi connectivity index (χ4v) is 6.75. The molecule has 0 saturated heterocycles. The minimum absolute atomic E-state index is 0.226. The van der Waals surface area contributed by atoms with Crippen LogP contribution in [0.5, 0.6) is 0 Å². The second-order valence-corrected chi connectivity index (χ2v) is 11.3. The third-order valence-corrected chi connectivity index (χ3v) is 8.87. The van der Waals surface area contributed by atoms with Gasteiger partial charge in [-0.1, -0.05) is 47.6 Å². The normalized spacial score (nSPS) is 17.7. The van der Waals surface area contributed by atoms with Crippen LogP contribution in [0.3, 0.4) is 0 Å². The molecule has 2 aliphatic rings. The van der Waals surface area contributed by atoms with E-state index in [0.717, 1.165) is 63.1 Å². The number of thioether (sulfide) groups is 1. The summed E-state index contributed by atoms with van der Waals surface area (Å²) in [7, 11) is 0. The number of pyridine rings is 1. The van der Waals surface area contributed by atoms with Gasteiger partial charge >= 0.3 is 0 Å². The maximum atomic E-state index is 9.30. The highest BCUT2D eigenvalue weighted by molar-refractivity contribution is 8.03. The molecule has 0 spiro atoms. The van der Waals surface area contributed by atoms with Crippen molar-refractivity contribution in [2.45, 2.75) is 56.4 Å². The lowest BCUT2D eigenvalue weighted by molar-refractivity contribution is -0.671. The van der Waals surface area contributed by atoms with Gasteiger partial charge in [0, 0.05) is 48.2 Å². The zero-order valence-electron chi connectivity index (χ0n) is 21.8. The Kier molecular flexibility index (Phi) is 9.23. The molecule has 0 unspecified atom stereocenters. The number of allylic oxidation sites excluding steroid dienone is 4. The van der Waals surface area contributed by atoms with E-state index < -0.39 is 0 Å². The highest BCUT2D eigenvalue weighted by atomic mass is 35.5. The fourth-order valence-electron chi connectivity index (χ4n) is 5.30. The van der Waals surface area contributed by atoms with Gasteiger partial charge in [0.15, 0.2) is 6.20 Å². The Bertz CT molecular complexity index is 1380. The first-order chi connectivity index (χ1) is 18.7. The summed E-state index contributed by atoms with van der Waals surface area (Å²) >= 11 is 8.92. The molecular weight excluding hydrogens is 512 g/mol. The van der Waals surface area contributed by atoms with Gasteiger partial charge in [-0.3, -0.25) is 0 Å². The molecule has 198 valence electrons. The number of aryl methyl sites for hydroxylation is 1. The Morgan fingerprint density at radius 1 is 0.895 bits per heavy atom. The molecule has 1 aliphatic heterocycles. The average molecular weight is 548 g/mol. The predicted molar refractivity (Wildman–Crippen MR) is 159 cm³/mol. The minimum atomic E-state index is 0.226. The smallest absolute Gasteiger partial charge is 0.213 e. The maximum Gasteiger partial charge on any atom is 0.213 e. The van der Waals surface area contributed by atoms with Gasteiger partial charge in [0.1, 0.15) is 6.54 Å². The topological polar surface area (TPSA) is 47.6 Å². The number of nitrogens with zero attached hydrogens (tertiary/aromatic N) is 2. The van der Waals surface area contributed by atoms with Crippen molar-refractivity contribution in [2.24, 2.45) is 0 Å². The number of aliphatic hydroxyl groups is 2. The number of unbranched alkanes of at least 4 members (excludes halogenated alkanes) is 2. The van der Waals surface area contributed by atoms with Gasteiger partial charge in [-0.05, 0) is 85.6 Å². The summed E-state index contributed by atoms with van der Waals surface area (Å²) in [5, 5.41) is 21.8. The number of benzene rings is 2. The van der Waals surface area contributed by atoms with Crippen LogP contribution in [0.15, 0.2) is 93.0 Å². The predicted octanol–water partition coefficient (Wildman–Crippen LogP) is 7.19. The van der Waals surface area contributed by atoms with E-state index in [1.165, 1.54) is 43.2 Å². The van der Waals surface area contributed by atoms with Crippen LogP contribution in [0, 0.1) is 0 Å². The van der Waals surface area contributed by atoms with Crippen LogP contribution in [0.25, 0.3) is 17.0 Å². The first-order valence-corrected chi connectivity index (χ1v) is 14.9. The molecule has 3 aromatic rings. The van der Waals surface area contributed by atoms with E-state index in [9.17, 15) is 10.2 Å². The summed E-state index contributed by atoms with van der Waals surface area (Å²) in [6.07, 6.45) is 13.3. The number of fused-ring (bicyclic) bond motifs is 2. The van der Waals surface area contributed by atoms with Gasteiger partial charge in [0.05, 0.1) is 16.1 Å². The molecule has 0 atom stereocenters. The molecule has 1 aromatic heterocycles. The van der Waals surface area contributed by atoms with Gasteiger partial charge in [0.2, 0.25) is 5.52 Å². The van der Waals surface area contributed by atoms with Gasteiger partial charge in [-0.25, -0.2) is 0 Å². The van der Waals surface area contributed by atoms with Crippen LogP contribution in [0.2, 0.25) is 0 Å². The third-order valence-electron chi connectivity index (χ3n) is 7.28. The zero-order valence-corrected chi connectivity index (χ0v) is 23.4. The number of halogens is 1. The lowest BCUT2D eigenvalue weighted by atomic mass is 9.92. The Morgan fingerprint density at radius 2 is 1.68 bits per heavy atom. The maximum absolute atomic E-state index is 9.30. The molecule has 0 amide bonds. The van der Waals surface area contributed by atoms with E-state index in [0.29, 0.717) is 0 Å². The summed E-state index contributed by atoms with van der Waals surface area (Å²) < 4.78 is 2.28. The zero-order chi connectivity index (χ0) is 26.3. The van der Waals surface area contributed by atoms with Crippen molar-refractivity contribution in [1.29, 1.82) is 0 Å². The highest BCUT2D eigenvalue weighted by Crippen LogP contribution is 2.47. The molecular formula is C32H36ClN2O2S+. The number of para-hydroxylation sites is 2. The molecule has 5 rings (SSSR count). The SMILES string of the molecule is OCCCCN1C(=CC2=C(Cl)C(=Cc3cc[n+](CCCCO)c4ccccc34)CCC2)Sc2ccccc21. The molecule has 38 heavy (non-hydrogen) atoms. The standard InChI is InChI=1S/C32H36ClN2O2S/c33-32-25(22-24-16-19-34(17-5-7-20-36)28-13-2-1-12-27(24)28)10-9-11-26(32)23-31-35(18-6-8-21-37)29-14-3-4-15-30(29)38-31/h1-4,12-16,19,22-23,36-37H,5-11,17-18,20-21H2/q+1. The Balaban J connectivity index is 1.46. The monoisotopic (exact) mass is 547 g/mol. The molecule has 4 nitrogen and oxygen atoms in total. The number of hydrogen-bond donors (Lipinski definition) is 2. The van der Waals surface area contributed by atoms with Crippen molar-refractivity contribution in [3.05, 3.63) is 93.6 Å². The molecule has 1 aliphatic carbocycles. The first kappa shape index (κ1) is 27.0. The van der Waals surface area contributed by atoms with E-state index in [1.807, 2.05) is 11.8 Å². The van der Waals surface area contributed by atoms with Crippen LogP contribution in [-0.4, -0.2) is 30.0 Å². The molecule has 2 N–H and O–H groups in total. The molecule has 6 heteroatoms. The average Bonchev–Trinajstić information content (AvgIpc) is 3.29. The van der Waals surface area contributed by atoms with Crippen LogP contribution in [0.1, 0.15) is 50.5 Å². The highest BCUT2D eigenvalue weighted by Gasteiger charge is 2.26. The van der Waals surface area contributed by atoms with Crippen LogP contribution in [-0.2, 0) is 6.54 Å². The van der Waals surface area contributed by atoms with Gasteiger partial charge in [-0.15, -0.1) is 0 Å². The summed E-state index contributed by atoms with van der Waals surface area (Å²) in [5.74, 6) is 0. The Morgan fingerprint density at radius 3 is 2.55 bits per heavy atom. The first-order valence-electron chi connectivity index (χ1n) is 13.7. The Labute approximate surface area is 234 Å². The summed E-state index contributed by atoms with van der Waals surface area (Å²) in [4.78, 5) is 3.65. The molecule has 0 radical (unpaired) electrons. The minimum Gasteiger partial charge on any atom is -0.396 e. The van der Waals surface area contributed by atoms with Crippen molar-refractivity contribution in [2.75, 3.05) is 24.7 Å².